The van der Waals surface area contributed by atoms with Crippen molar-refractivity contribution in [2.75, 3.05) is 19.5 Å². The van der Waals surface area contributed by atoms with Crippen LogP contribution in [0.25, 0.3) is 0 Å². The van der Waals surface area contributed by atoms with E-state index in [0.717, 1.165) is 16.9 Å². The van der Waals surface area contributed by atoms with Gasteiger partial charge in [-0.3, -0.25) is 4.79 Å². The largest absolute Gasteiger partial charge is 0.493 e. The molecule has 0 aliphatic carbocycles. The predicted octanol–water partition coefficient (Wildman–Crippen LogP) is 4.33. The molecule has 6 nitrogen and oxygen atoms in total. The molecular formula is C22H23N3O3. The second-order valence-electron chi connectivity index (χ2n) is 6.23. The van der Waals surface area contributed by atoms with Crippen molar-refractivity contribution in [2.45, 2.75) is 13.0 Å². The molecule has 1 unspecified atom stereocenters. The first-order valence-electron chi connectivity index (χ1n) is 8.91. The Morgan fingerprint density at radius 1 is 0.929 bits per heavy atom. The number of benzene rings is 2. The molecule has 1 aromatic heterocycles. The molecule has 1 atom stereocenters. The molecule has 0 radical (unpaired) electrons. The summed E-state index contributed by atoms with van der Waals surface area (Å²) in [4.78, 5) is 16.7. The van der Waals surface area contributed by atoms with Crippen molar-refractivity contribution in [2.24, 2.45) is 0 Å². The van der Waals surface area contributed by atoms with E-state index in [2.05, 4.69) is 15.6 Å². The number of rotatable bonds is 7. The molecule has 1 heterocycles. The normalized spacial score (nSPS) is 11.4. The van der Waals surface area contributed by atoms with Gasteiger partial charge < -0.3 is 20.1 Å². The fraction of sp³-hybridized carbons (Fsp3) is 0.182. The van der Waals surface area contributed by atoms with Crippen molar-refractivity contribution in [3.8, 4) is 11.5 Å². The van der Waals surface area contributed by atoms with Gasteiger partial charge in [0.2, 0.25) is 0 Å². The van der Waals surface area contributed by atoms with E-state index in [0.29, 0.717) is 17.2 Å². The number of carbonyl (C=O) groups excluding carboxylic acids is 1. The Kier molecular flexibility index (Phi) is 6.11. The number of ether oxygens (including phenoxy) is 2. The summed E-state index contributed by atoms with van der Waals surface area (Å²) in [5, 5.41) is 6.19. The van der Waals surface area contributed by atoms with E-state index < -0.39 is 0 Å². The molecule has 1 amide bonds. The molecular weight excluding hydrogens is 354 g/mol. The van der Waals surface area contributed by atoms with Crippen LogP contribution < -0.4 is 20.1 Å². The molecule has 0 aliphatic rings. The van der Waals surface area contributed by atoms with Crippen LogP contribution in [0.1, 0.15) is 29.0 Å². The summed E-state index contributed by atoms with van der Waals surface area (Å²) < 4.78 is 10.5. The molecule has 2 aromatic carbocycles. The van der Waals surface area contributed by atoms with Gasteiger partial charge in [0.15, 0.2) is 11.5 Å². The van der Waals surface area contributed by atoms with Crippen molar-refractivity contribution in [1.29, 1.82) is 0 Å². The lowest BCUT2D eigenvalue weighted by atomic mass is 10.1. The van der Waals surface area contributed by atoms with Crippen LogP contribution in [0.5, 0.6) is 11.5 Å². The number of methoxy groups -OCH3 is 2. The Labute approximate surface area is 164 Å². The third-order valence-electron chi connectivity index (χ3n) is 4.32. The van der Waals surface area contributed by atoms with Crippen molar-refractivity contribution >= 4 is 17.3 Å². The van der Waals surface area contributed by atoms with Crippen LogP contribution in [0, 0.1) is 0 Å². The highest BCUT2D eigenvalue weighted by molar-refractivity contribution is 5.92. The number of nitrogens with zero attached hydrogens (tertiary/aromatic N) is 1. The van der Waals surface area contributed by atoms with Gasteiger partial charge >= 0.3 is 0 Å². The molecule has 3 aromatic rings. The first-order chi connectivity index (χ1) is 13.6. The fourth-order valence-corrected chi connectivity index (χ4v) is 2.78. The summed E-state index contributed by atoms with van der Waals surface area (Å²) in [6.07, 6.45) is 1.62. The van der Waals surface area contributed by atoms with Gasteiger partial charge in [-0.25, -0.2) is 4.98 Å². The summed E-state index contributed by atoms with van der Waals surface area (Å²) in [5.74, 6) is 1.08. The number of aromatic nitrogens is 1. The van der Waals surface area contributed by atoms with Crippen molar-refractivity contribution in [3.05, 3.63) is 78.1 Å². The van der Waals surface area contributed by atoms with Crippen LogP contribution in [0.4, 0.5) is 11.4 Å². The summed E-state index contributed by atoms with van der Waals surface area (Å²) in [5.41, 5.74) is 3.00. The summed E-state index contributed by atoms with van der Waals surface area (Å²) in [6.45, 7) is 1.94. The predicted molar refractivity (Wildman–Crippen MR) is 109 cm³/mol. The highest BCUT2D eigenvalue weighted by atomic mass is 16.5. The number of carbonyl (C=O) groups is 1. The van der Waals surface area contributed by atoms with Gasteiger partial charge in [0, 0.05) is 11.8 Å². The highest BCUT2D eigenvalue weighted by Gasteiger charge is 2.12. The SMILES string of the molecule is COc1ccc(Nc2ccc(C(=O)NC(C)c3ccccc3)nc2)cc1OC. The third kappa shape index (κ3) is 4.59. The van der Waals surface area contributed by atoms with E-state index in [1.807, 2.05) is 61.5 Å². The Morgan fingerprint density at radius 3 is 2.29 bits per heavy atom. The van der Waals surface area contributed by atoms with Gasteiger partial charge in [0.25, 0.3) is 5.91 Å². The van der Waals surface area contributed by atoms with E-state index in [1.165, 1.54) is 0 Å². The van der Waals surface area contributed by atoms with Crippen molar-refractivity contribution < 1.29 is 14.3 Å². The van der Waals surface area contributed by atoms with E-state index in [-0.39, 0.29) is 11.9 Å². The minimum absolute atomic E-state index is 0.0972. The average molecular weight is 377 g/mol. The number of hydrogen-bond acceptors (Lipinski definition) is 5. The molecule has 0 saturated heterocycles. The van der Waals surface area contributed by atoms with Crippen LogP contribution in [0.15, 0.2) is 66.9 Å². The standard InChI is InChI=1S/C22H23N3O3/c1-15(16-7-5-4-6-8-16)24-22(26)19-11-9-18(14-23-19)25-17-10-12-20(27-2)21(13-17)28-3/h4-15,25H,1-3H3,(H,24,26). The maximum Gasteiger partial charge on any atom is 0.270 e. The highest BCUT2D eigenvalue weighted by Crippen LogP contribution is 2.31. The Bertz CT molecular complexity index is 928. The average Bonchev–Trinajstić information content (AvgIpc) is 2.74. The van der Waals surface area contributed by atoms with Gasteiger partial charge in [-0.15, -0.1) is 0 Å². The summed E-state index contributed by atoms with van der Waals surface area (Å²) in [6, 6.07) is 18.7. The van der Waals surface area contributed by atoms with E-state index in [1.54, 1.807) is 26.5 Å². The zero-order valence-electron chi connectivity index (χ0n) is 16.1. The first kappa shape index (κ1) is 19.2. The Morgan fingerprint density at radius 2 is 1.64 bits per heavy atom. The van der Waals surface area contributed by atoms with E-state index >= 15 is 0 Å². The third-order valence-corrected chi connectivity index (χ3v) is 4.32. The van der Waals surface area contributed by atoms with Gasteiger partial charge in [-0.2, -0.15) is 0 Å². The van der Waals surface area contributed by atoms with Crippen molar-refractivity contribution in [1.82, 2.24) is 10.3 Å². The number of amides is 1. The smallest absolute Gasteiger partial charge is 0.270 e. The molecule has 144 valence electrons. The van der Waals surface area contributed by atoms with Gasteiger partial charge in [-0.05, 0) is 36.8 Å². The van der Waals surface area contributed by atoms with Gasteiger partial charge in [-0.1, -0.05) is 30.3 Å². The van der Waals surface area contributed by atoms with E-state index in [4.69, 9.17) is 9.47 Å². The molecule has 0 fully saturated rings. The summed E-state index contributed by atoms with van der Waals surface area (Å²) >= 11 is 0. The summed E-state index contributed by atoms with van der Waals surface area (Å²) in [7, 11) is 3.18. The minimum atomic E-state index is -0.214. The maximum absolute atomic E-state index is 12.4. The molecule has 3 rings (SSSR count). The molecule has 2 N–H and O–H groups in total. The van der Waals surface area contributed by atoms with Crippen molar-refractivity contribution in [3.63, 3.8) is 0 Å². The topological polar surface area (TPSA) is 72.5 Å². The number of pyridine rings is 1. The van der Waals surface area contributed by atoms with Crippen LogP contribution in [0.3, 0.4) is 0 Å². The number of nitrogens with one attached hydrogen (secondary N) is 2. The van der Waals surface area contributed by atoms with Crippen LogP contribution in [-0.2, 0) is 0 Å². The first-order valence-corrected chi connectivity index (χ1v) is 8.91. The second-order valence-corrected chi connectivity index (χ2v) is 6.23. The van der Waals surface area contributed by atoms with Crippen LogP contribution in [0.2, 0.25) is 0 Å². The number of hydrogen-bond donors (Lipinski definition) is 2. The lowest BCUT2D eigenvalue weighted by Crippen LogP contribution is -2.27. The number of anilines is 2. The maximum atomic E-state index is 12.4. The molecule has 0 aliphatic heterocycles. The zero-order chi connectivity index (χ0) is 19.9. The lowest BCUT2D eigenvalue weighted by Gasteiger charge is -2.14. The van der Waals surface area contributed by atoms with E-state index in [9.17, 15) is 4.79 Å². The Balaban J connectivity index is 1.65. The molecule has 0 spiro atoms. The fourth-order valence-electron chi connectivity index (χ4n) is 2.78. The lowest BCUT2D eigenvalue weighted by molar-refractivity contribution is 0.0935. The minimum Gasteiger partial charge on any atom is -0.493 e. The van der Waals surface area contributed by atoms with Gasteiger partial charge in [0.05, 0.1) is 32.1 Å². The van der Waals surface area contributed by atoms with Crippen LogP contribution in [-0.4, -0.2) is 25.1 Å². The molecule has 28 heavy (non-hydrogen) atoms. The monoisotopic (exact) mass is 377 g/mol. The Hall–Kier alpha value is -3.54. The molecule has 0 saturated carbocycles. The molecule has 6 heteroatoms. The second kappa shape index (κ2) is 8.90. The molecule has 0 bridgehead atoms. The van der Waals surface area contributed by atoms with Gasteiger partial charge in [0.1, 0.15) is 5.69 Å². The zero-order valence-corrected chi connectivity index (χ0v) is 16.1. The van der Waals surface area contributed by atoms with Crippen LogP contribution >= 0.6 is 0 Å². The quantitative estimate of drug-likeness (QED) is 0.641.